The van der Waals surface area contributed by atoms with Crippen molar-refractivity contribution in [2.45, 2.75) is 33.3 Å². The molecule has 0 heterocycles. The topological polar surface area (TPSA) is 20.2 Å². The van der Waals surface area contributed by atoms with E-state index in [9.17, 15) is 9.50 Å². The van der Waals surface area contributed by atoms with Gasteiger partial charge in [0.15, 0.2) is 0 Å². The fraction of sp³-hybridized carbons (Fsp3) is 0.500. The maximum atomic E-state index is 13.5. The van der Waals surface area contributed by atoms with Crippen LogP contribution in [0.5, 0.6) is 0 Å². The predicted molar refractivity (Wildman–Crippen MR) is 63.1 cm³/mol. The van der Waals surface area contributed by atoms with Gasteiger partial charge >= 0.3 is 0 Å². The first kappa shape index (κ1) is 12.7. The van der Waals surface area contributed by atoms with Crippen LogP contribution in [0.25, 0.3) is 0 Å². The van der Waals surface area contributed by atoms with Gasteiger partial charge in [-0.15, -0.1) is 0 Å². The van der Waals surface area contributed by atoms with E-state index in [0.717, 1.165) is 10.9 Å². The summed E-state index contributed by atoms with van der Waals surface area (Å²) in [6, 6.07) is 4.64. The highest BCUT2D eigenvalue weighted by atomic mass is 79.9. The number of hydrogen-bond acceptors (Lipinski definition) is 1. The maximum absolute atomic E-state index is 13.5. The fourth-order valence-electron chi connectivity index (χ4n) is 1.34. The summed E-state index contributed by atoms with van der Waals surface area (Å²) in [4.78, 5) is 0. The second kappa shape index (κ2) is 4.62. The van der Waals surface area contributed by atoms with Crippen LogP contribution in [-0.2, 0) is 0 Å². The minimum absolute atomic E-state index is 0.318. The number of aliphatic hydroxyl groups is 1. The zero-order valence-electron chi connectivity index (χ0n) is 9.22. The van der Waals surface area contributed by atoms with E-state index in [1.54, 1.807) is 12.1 Å². The molecule has 0 fully saturated rings. The van der Waals surface area contributed by atoms with Crippen LogP contribution in [0.15, 0.2) is 22.7 Å². The summed E-state index contributed by atoms with van der Waals surface area (Å²) in [6.45, 7) is 5.84. The van der Waals surface area contributed by atoms with Gasteiger partial charge in [-0.25, -0.2) is 4.39 Å². The van der Waals surface area contributed by atoms with Crippen molar-refractivity contribution < 1.29 is 9.50 Å². The number of benzene rings is 1. The average Bonchev–Trinajstić information content (AvgIpc) is 2.20. The number of hydrogen-bond donors (Lipinski definition) is 1. The van der Waals surface area contributed by atoms with Crippen LogP contribution in [-0.4, -0.2) is 5.11 Å². The standard InChI is InChI=1S/C12H16BrFO/c1-4-12(2,3)11(15)9-7-8(13)5-6-10(9)14/h5-7,11,15H,4H2,1-3H3. The van der Waals surface area contributed by atoms with E-state index in [4.69, 9.17) is 0 Å². The predicted octanol–water partition coefficient (Wildman–Crippen LogP) is 4.06. The molecule has 0 spiro atoms. The van der Waals surface area contributed by atoms with Crippen LogP contribution in [0.3, 0.4) is 0 Å². The molecule has 0 radical (unpaired) electrons. The summed E-state index contributed by atoms with van der Waals surface area (Å²) >= 11 is 3.28. The summed E-state index contributed by atoms with van der Waals surface area (Å²) in [5.41, 5.74) is 0.0398. The molecule has 1 N–H and O–H groups in total. The first-order valence-electron chi connectivity index (χ1n) is 5.01. The molecule has 0 saturated carbocycles. The molecule has 0 aromatic heterocycles. The van der Waals surface area contributed by atoms with E-state index in [1.165, 1.54) is 6.07 Å². The van der Waals surface area contributed by atoms with Gasteiger partial charge in [0.1, 0.15) is 5.82 Å². The summed E-state index contributed by atoms with van der Waals surface area (Å²) in [7, 11) is 0. The van der Waals surface area contributed by atoms with Crippen LogP contribution < -0.4 is 0 Å². The Morgan fingerprint density at radius 1 is 1.47 bits per heavy atom. The lowest BCUT2D eigenvalue weighted by molar-refractivity contribution is 0.0436. The van der Waals surface area contributed by atoms with Crippen molar-refractivity contribution in [1.29, 1.82) is 0 Å². The molecule has 84 valence electrons. The number of rotatable bonds is 3. The van der Waals surface area contributed by atoms with Gasteiger partial charge in [-0.2, -0.15) is 0 Å². The van der Waals surface area contributed by atoms with Crippen LogP contribution >= 0.6 is 15.9 Å². The second-order valence-corrected chi connectivity index (χ2v) is 5.33. The largest absolute Gasteiger partial charge is 0.388 e. The van der Waals surface area contributed by atoms with Crippen molar-refractivity contribution in [3.8, 4) is 0 Å². The zero-order chi connectivity index (χ0) is 11.6. The number of aliphatic hydroxyl groups excluding tert-OH is 1. The fourth-order valence-corrected chi connectivity index (χ4v) is 1.72. The number of halogens is 2. The molecule has 1 nitrogen and oxygen atoms in total. The third-order valence-electron chi connectivity index (χ3n) is 2.90. The monoisotopic (exact) mass is 274 g/mol. The van der Waals surface area contributed by atoms with Crippen molar-refractivity contribution in [1.82, 2.24) is 0 Å². The smallest absolute Gasteiger partial charge is 0.129 e. The molecule has 0 aliphatic carbocycles. The Kier molecular flexibility index (Phi) is 3.90. The van der Waals surface area contributed by atoms with Crippen molar-refractivity contribution in [2.24, 2.45) is 5.41 Å². The summed E-state index contributed by atoms with van der Waals surface area (Å²) in [6.07, 6.45) is 0.0140. The van der Waals surface area contributed by atoms with Gasteiger partial charge in [0.2, 0.25) is 0 Å². The summed E-state index contributed by atoms with van der Waals surface area (Å²) in [5, 5.41) is 10.1. The Balaban J connectivity index is 3.10. The van der Waals surface area contributed by atoms with Gasteiger partial charge in [-0.3, -0.25) is 0 Å². The van der Waals surface area contributed by atoms with Crippen molar-refractivity contribution in [3.63, 3.8) is 0 Å². The Hall–Kier alpha value is -0.410. The first-order chi connectivity index (χ1) is 6.88. The molecule has 1 atom stereocenters. The van der Waals surface area contributed by atoms with Gasteiger partial charge in [0.25, 0.3) is 0 Å². The van der Waals surface area contributed by atoms with Crippen LogP contribution in [0.4, 0.5) is 4.39 Å². The summed E-state index contributed by atoms with van der Waals surface area (Å²) in [5.74, 6) is -0.354. The minimum Gasteiger partial charge on any atom is -0.388 e. The zero-order valence-corrected chi connectivity index (χ0v) is 10.8. The molecule has 1 unspecified atom stereocenters. The minimum atomic E-state index is -0.778. The molecule has 1 rings (SSSR count). The van der Waals surface area contributed by atoms with Crippen molar-refractivity contribution >= 4 is 15.9 Å². The Labute approximate surface area is 98.4 Å². The van der Waals surface area contributed by atoms with Crippen molar-refractivity contribution in [3.05, 3.63) is 34.1 Å². The Morgan fingerprint density at radius 2 is 2.07 bits per heavy atom. The normalized spacial score (nSPS) is 14.0. The molecule has 15 heavy (non-hydrogen) atoms. The molecule has 1 aromatic rings. The van der Waals surface area contributed by atoms with Crippen LogP contribution in [0, 0.1) is 11.2 Å². The lowest BCUT2D eigenvalue weighted by Crippen LogP contribution is -2.21. The molecular weight excluding hydrogens is 259 g/mol. The van der Waals surface area contributed by atoms with Crippen molar-refractivity contribution in [2.75, 3.05) is 0 Å². The van der Waals surface area contributed by atoms with Crippen LogP contribution in [0.2, 0.25) is 0 Å². The van der Waals surface area contributed by atoms with Gasteiger partial charge < -0.3 is 5.11 Å². The molecular formula is C12H16BrFO. The SMILES string of the molecule is CCC(C)(C)C(O)c1cc(Br)ccc1F. The van der Waals surface area contributed by atoms with Gasteiger partial charge in [-0.1, -0.05) is 36.7 Å². The maximum Gasteiger partial charge on any atom is 0.129 e. The molecule has 3 heteroatoms. The average molecular weight is 275 g/mol. The molecule has 0 aliphatic heterocycles. The summed E-state index contributed by atoms with van der Waals surface area (Å²) < 4.78 is 14.3. The first-order valence-corrected chi connectivity index (χ1v) is 5.81. The highest BCUT2D eigenvalue weighted by Crippen LogP contribution is 2.37. The quantitative estimate of drug-likeness (QED) is 0.882. The highest BCUT2D eigenvalue weighted by Gasteiger charge is 2.29. The van der Waals surface area contributed by atoms with E-state index in [-0.39, 0.29) is 11.2 Å². The van der Waals surface area contributed by atoms with Gasteiger partial charge in [0, 0.05) is 10.0 Å². The van der Waals surface area contributed by atoms with E-state index >= 15 is 0 Å². The molecule has 0 aliphatic rings. The third-order valence-corrected chi connectivity index (χ3v) is 3.40. The van der Waals surface area contributed by atoms with Gasteiger partial charge in [0.05, 0.1) is 6.10 Å². The second-order valence-electron chi connectivity index (χ2n) is 4.41. The van der Waals surface area contributed by atoms with E-state index in [2.05, 4.69) is 15.9 Å². The molecule has 1 aromatic carbocycles. The highest BCUT2D eigenvalue weighted by molar-refractivity contribution is 9.10. The van der Waals surface area contributed by atoms with E-state index in [0.29, 0.717) is 5.56 Å². The van der Waals surface area contributed by atoms with E-state index < -0.39 is 6.10 Å². The Bertz CT molecular complexity index is 349. The molecule has 0 bridgehead atoms. The third kappa shape index (κ3) is 2.79. The van der Waals surface area contributed by atoms with E-state index in [1.807, 2.05) is 20.8 Å². The lowest BCUT2D eigenvalue weighted by atomic mass is 9.80. The lowest BCUT2D eigenvalue weighted by Gasteiger charge is -2.29. The molecule has 0 amide bonds. The van der Waals surface area contributed by atoms with Gasteiger partial charge in [-0.05, 0) is 30.0 Å². The Morgan fingerprint density at radius 3 is 2.60 bits per heavy atom. The van der Waals surface area contributed by atoms with Crippen LogP contribution in [0.1, 0.15) is 38.9 Å². The molecule has 0 saturated heterocycles.